The van der Waals surface area contributed by atoms with Gasteiger partial charge in [-0.25, -0.2) is 4.39 Å². The van der Waals surface area contributed by atoms with Crippen LogP contribution in [0.5, 0.6) is 0 Å². The Labute approximate surface area is 85.1 Å². The van der Waals surface area contributed by atoms with E-state index in [0.29, 0.717) is 5.92 Å². The Kier molecular flexibility index (Phi) is 3.27. The van der Waals surface area contributed by atoms with Gasteiger partial charge in [0.1, 0.15) is 5.82 Å². The van der Waals surface area contributed by atoms with Crippen LogP contribution in [0.1, 0.15) is 32.8 Å². The Morgan fingerprint density at radius 1 is 1.29 bits per heavy atom. The highest BCUT2D eigenvalue weighted by molar-refractivity contribution is 5.23. The average Bonchev–Trinajstić information content (AvgIpc) is 2.02. The molecule has 1 aromatic rings. The first-order chi connectivity index (χ1) is 6.42. The lowest BCUT2D eigenvalue weighted by Crippen LogP contribution is -2.34. The molecule has 78 valence electrons. The van der Waals surface area contributed by atoms with Crippen molar-refractivity contribution in [1.82, 2.24) is 0 Å². The first kappa shape index (κ1) is 11.2. The summed E-state index contributed by atoms with van der Waals surface area (Å²) in [6.45, 7) is 6.25. The molecule has 14 heavy (non-hydrogen) atoms. The summed E-state index contributed by atoms with van der Waals surface area (Å²) in [7, 11) is 0. The molecule has 0 heterocycles. The molecule has 1 unspecified atom stereocenters. The van der Waals surface area contributed by atoms with Gasteiger partial charge in [0.25, 0.3) is 0 Å². The monoisotopic (exact) mass is 195 g/mol. The molecule has 1 nitrogen and oxygen atoms in total. The minimum Gasteiger partial charge on any atom is -0.322 e. The maximum Gasteiger partial charge on any atom is 0.123 e. The second-order valence-electron chi connectivity index (χ2n) is 4.52. The molecule has 1 atom stereocenters. The number of hydrogen-bond donors (Lipinski definition) is 1. The number of hydrogen-bond acceptors (Lipinski definition) is 1. The fraction of sp³-hybridized carbons (Fsp3) is 0.500. The Bertz CT molecular complexity index is 288. The van der Waals surface area contributed by atoms with Crippen LogP contribution in [-0.2, 0) is 5.54 Å². The van der Waals surface area contributed by atoms with Gasteiger partial charge in [0.2, 0.25) is 0 Å². The summed E-state index contributed by atoms with van der Waals surface area (Å²) in [6, 6.07) is 6.44. The molecule has 0 fully saturated rings. The maximum absolute atomic E-state index is 12.7. The molecule has 2 heteroatoms. The Balaban J connectivity index is 2.86. The van der Waals surface area contributed by atoms with Crippen molar-refractivity contribution in [3.63, 3.8) is 0 Å². The van der Waals surface area contributed by atoms with Gasteiger partial charge in [0.05, 0.1) is 0 Å². The third kappa shape index (κ3) is 2.81. The molecule has 0 saturated carbocycles. The van der Waals surface area contributed by atoms with E-state index in [-0.39, 0.29) is 11.4 Å². The van der Waals surface area contributed by atoms with Crippen LogP contribution in [0.15, 0.2) is 24.3 Å². The van der Waals surface area contributed by atoms with Gasteiger partial charge in [0, 0.05) is 5.54 Å². The quantitative estimate of drug-likeness (QED) is 0.788. The number of nitrogens with two attached hydrogens (primary N) is 1. The van der Waals surface area contributed by atoms with Gasteiger partial charge in [-0.05, 0) is 37.0 Å². The van der Waals surface area contributed by atoms with E-state index in [1.54, 1.807) is 12.1 Å². The molecular weight excluding hydrogens is 177 g/mol. The maximum atomic E-state index is 12.7. The summed E-state index contributed by atoms with van der Waals surface area (Å²) in [5, 5.41) is 0. The minimum atomic E-state index is -0.359. The summed E-state index contributed by atoms with van der Waals surface area (Å²) in [5.41, 5.74) is 6.80. The molecule has 0 aliphatic heterocycles. The van der Waals surface area contributed by atoms with Crippen molar-refractivity contribution in [2.24, 2.45) is 11.7 Å². The molecule has 0 aliphatic rings. The van der Waals surface area contributed by atoms with E-state index in [0.717, 1.165) is 12.0 Å². The Morgan fingerprint density at radius 3 is 2.21 bits per heavy atom. The first-order valence-electron chi connectivity index (χ1n) is 4.97. The van der Waals surface area contributed by atoms with Crippen molar-refractivity contribution in [3.05, 3.63) is 35.6 Å². The molecule has 1 rings (SSSR count). The molecule has 0 saturated heterocycles. The van der Waals surface area contributed by atoms with E-state index < -0.39 is 0 Å². The highest BCUT2D eigenvalue weighted by Gasteiger charge is 2.22. The van der Waals surface area contributed by atoms with Gasteiger partial charge in [0.15, 0.2) is 0 Å². The summed E-state index contributed by atoms with van der Waals surface area (Å²) in [5.74, 6) is 0.323. The third-order valence-corrected chi connectivity index (χ3v) is 2.34. The summed E-state index contributed by atoms with van der Waals surface area (Å²) in [4.78, 5) is 0. The van der Waals surface area contributed by atoms with Crippen LogP contribution in [0.4, 0.5) is 4.39 Å². The number of halogens is 1. The van der Waals surface area contributed by atoms with Gasteiger partial charge >= 0.3 is 0 Å². The lowest BCUT2D eigenvalue weighted by Gasteiger charge is -2.27. The van der Waals surface area contributed by atoms with Crippen LogP contribution in [0.2, 0.25) is 0 Å². The first-order valence-corrected chi connectivity index (χ1v) is 4.97. The molecule has 0 radical (unpaired) electrons. The summed E-state index contributed by atoms with van der Waals surface area (Å²) < 4.78 is 12.7. The van der Waals surface area contributed by atoms with E-state index in [1.165, 1.54) is 12.1 Å². The van der Waals surface area contributed by atoms with E-state index in [4.69, 9.17) is 5.73 Å². The van der Waals surface area contributed by atoms with E-state index >= 15 is 0 Å². The topological polar surface area (TPSA) is 26.0 Å². The number of benzene rings is 1. The second-order valence-corrected chi connectivity index (χ2v) is 4.52. The van der Waals surface area contributed by atoms with Crippen LogP contribution in [0.3, 0.4) is 0 Å². The summed E-state index contributed by atoms with van der Waals surface area (Å²) in [6.07, 6.45) is 0.901. The molecule has 0 amide bonds. The lowest BCUT2D eigenvalue weighted by atomic mass is 9.85. The molecule has 0 aromatic heterocycles. The van der Waals surface area contributed by atoms with Gasteiger partial charge in [-0.15, -0.1) is 0 Å². The zero-order valence-electron chi connectivity index (χ0n) is 9.05. The molecule has 0 spiro atoms. The molecule has 1 aromatic carbocycles. The molecule has 0 bridgehead atoms. The van der Waals surface area contributed by atoms with Crippen LogP contribution >= 0.6 is 0 Å². The zero-order valence-corrected chi connectivity index (χ0v) is 9.05. The van der Waals surface area contributed by atoms with Crippen molar-refractivity contribution in [1.29, 1.82) is 0 Å². The van der Waals surface area contributed by atoms with Crippen molar-refractivity contribution >= 4 is 0 Å². The van der Waals surface area contributed by atoms with Crippen molar-refractivity contribution in [2.75, 3.05) is 0 Å². The third-order valence-electron chi connectivity index (χ3n) is 2.34. The second kappa shape index (κ2) is 4.09. The fourth-order valence-corrected chi connectivity index (χ4v) is 1.80. The van der Waals surface area contributed by atoms with Gasteiger partial charge < -0.3 is 5.73 Å². The highest BCUT2D eigenvalue weighted by atomic mass is 19.1. The predicted octanol–water partition coefficient (Wildman–Crippen LogP) is 3.05. The van der Waals surface area contributed by atoms with Crippen molar-refractivity contribution in [3.8, 4) is 0 Å². The Morgan fingerprint density at radius 2 is 1.79 bits per heavy atom. The smallest absolute Gasteiger partial charge is 0.123 e. The SMILES string of the molecule is CC(C)CC(C)(N)c1ccc(F)cc1. The van der Waals surface area contributed by atoms with E-state index in [1.807, 2.05) is 6.92 Å². The minimum absolute atomic E-state index is 0.214. The van der Waals surface area contributed by atoms with E-state index in [2.05, 4.69) is 13.8 Å². The standard InChI is InChI=1S/C12H18FN/c1-9(2)8-12(3,14)10-4-6-11(13)7-5-10/h4-7,9H,8,14H2,1-3H3. The fourth-order valence-electron chi connectivity index (χ4n) is 1.80. The normalized spacial score (nSPS) is 15.6. The van der Waals surface area contributed by atoms with Gasteiger partial charge in [-0.1, -0.05) is 26.0 Å². The van der Waals surface area contributed by atoms with Crippen LogP contribution < -0.4 is 5.73 Å². The van der Waals surface area contributed by atoms with Crippen molar-refractivity contribution in [2.45, 2.75) is 32.7 Å². The van der Waals surface area contributed by atoms with E-state index in [9.17, 15) is 4.39 Å². The van der Waals surface area contributed by atoms with Crippen LogP contribution in [0, 0.1) is 11.7 Å². The predicted molar refractivity (Wildman–Crippen MR) is 57.4 cm³/mol. The zero-order chi connectivity index (χ0) is 10.8. The van der Waals surface area contributed by atoms with Gasteiger partial charge in [-0.3, -0.25) is 0 Å². The van der Waals surface area contributed by atoms with Gasteiger partial charge in [-0.2, -0.15) is 0 Å². The highest BCUT2D eigenvalue weighted by Crippen LogP contribution is 2.25. The molecular formula is C12H18FN. The largest absolute Gasteiger partial charge is 0.322 e. The van der Waals surface area contributed by atoms with Crippen molar-refractivity contribution < 1.29 is 4.39 Å². The number of rotatable bonds is 3. The average molecular weight is 195 g/mol. The van der Waals surface area contributed by atoms with Crippen LogP contribution in [-0.4, -0.2) is 0 Å². The molecule has 2 N–H and O–H groups in total. The lowest BCUT2D eigenvalue weighted by molar-refractivity contribution is 0.380. The Hall–Kier alpha value is -0.890. The summed E-state index contributed by atoms with van der Waals surface area (Å²) >= 11 is 0. The molecule has 0 aliphatic carbocycles. The van der Waals surface area contributed by atoms with Crippen LogP contribution in [0.25, 0.3) is 0 Å².